The Balaban J connectivity index is 0.000000110. The minimum Gasteiger partial charge on any atom is -0.310 e. The Kier molecular flexibility index (Phi) is 16.8. The van der Waals surface area contributed by atoms with Crippen molar-refractivity contribution in [3.8, 4) is 33.4 Å². The number of fused-ring (bicyclic) bond motifs is 19. The van der Waals surface area contributed by atoms with Crippen LogP contribution in [-0.4, -0.2) is 0 Å². The van der Waals surface area contributed by atoms with Gasteiger partial charge in [-0.3, -0.25) is 0 Å². The third-order valence-electron chi connectivity index (χ3n) is 25.4. The quantitative estimate of drug-likeness (QED) is 0.159. The second-order valence-electron chi connectivity index (χ2n) is 34.1. The van der Waals surface area contributed by atoms with Crippen LogP contribution < -0.4 is 4.90 Å². The molecule has 0 saturated heterocycles. The van der Waals surface area contributed by atoms with Crippen molar-refractivity contribution in [1.82, 2.24) is 0 Å². The molecular weight excluding hydrogens is 1420 g/mol. The van der Waals surface area contributed by atoms with Crippen molar-refractivity contribution >= 4 is 92.0 Å². The van der Waals surface area contributed by atoms with E-state index in [-0.39, 0.29) is 32.5 Å². The summed E-state index contributed by atoms with van der Waals surface area (Å²) in [7, 11) is 0. The van der Waals surface area contributed by atoms with Gasteiger partial charge in [-0.25, -0.2) is 0 Å². The Labute approximate surface area is 650 Å². The SMILES string of the molecule is Brc1ccc2c(ccc3cc(Br)ccc32)c1.CC1(C)c2ccccc2Cc2cc3c(cc21)-c1ccccc1C3(C)C.Cc1ccc2c(ccc3cc(N4c5ccccc5C(C)(C)c5cc6c(cc54)C(C)(C)c4ccccc4-6)ccc32)c1.Cc1ccccc1C(C)(C)c1cc2c(cc1C)C(C)(C)c1ccccc1-2. The van der Waals surface area contributed by atoms with E-state index in [0.717, 1.165) is 15.4 Å². The van der Waals surface area contributed by atoms with Gasteiger partial charge in [0, 0.05) is 47.1 Å². The summed E-state index contributed by atoms with van der Waals surface area (Å²) in [6, 6.07) is 104. The molecule has 5 aliphatic rings. The topological polar surface area (TPSA) is 3.24 Å². The van der Waals surface area contributed by atoms with Gasteiger partial charge in [0.05, 0.1) is 11.4 Å². The molecule has 15 aromatic carbocycles. The molecule has 0 fully saturated rings. The van der Waals surface area contributed by atoms with Crippen LogP contribution in [0.5, 0.6) is 0 Å². The zero-order valence-corrected chi connectivity index (χ0v) is 67.6. The average molecular weight is 1520 g/mol. The van der Waals surface area contributed by atoms with Gasteiger partial charge in [-0.15, -0.1) is 0 Å². The Bertz CT molecular complexity index is 6120. The average Bonchev–Trinajstić information content (AvgIpc) is 1.67. The summed E-state index contributed by atoms with van der Waals surface area (Å²) in [5.41, 5.74) is 36.5. The molecular formula is C104H93Br2N. The lowest BCUT2D eigenvalue weighted by atomic mass is 9.67. The van der Waals surface area contributed by atoms with Crippen molar-refractivity contribution in [3.05, 3.63) is 383 Å². The lowest BCUT2D eigenvalue weighted by molar-refractivity contribution is 0.606. The van der Waals surface area contributed by atoms with Gasteiger partial charge in [-0.2, -0.15) is 0 Å². The van der Waals surface area contributed by atoms with Crippen molar-refractivity contribution in [1.29, 1.82) is 0 Å². The maximum absolute atomic E-state index is 3.50. The van der Waals surface area contributed by atoms with Crippen LogP contribution in [0, 0.1) is 20.8 Å². The Morgan fingerprint density at radius 3 is 1.27 bits per heavy atom. The molecule has 15 aromatic rings. The Morgan fingerprint density at radius 2 is 0.701 bits per heavy atom. The van der Waals surface area contributed by atoms with Crippen LogP contribution in [0.1, 0.15) is 178 Å². The van der Waals surface area contributed by atoms with Crippen LogP contribution >= 0.6 is 31.9 Å². The standard InChI is InChI=1S/C39H33N.C26H28.C25H24.C14H8Br2/c1-24-14-18-28-25(20-24)15-16-26-21-27(17-19-29(26)28)40-36-13-9-8-12-33(36)39(4,5)35-22-31-30-10-6-7-11-32(30)38(2,3)34(31)23-37(35)40;1-17-11-7-9-13-21(17)25(3,4)23-16-20-19-12-8-10-14-22(19)26(5,6)24(20)15-18(23)2;1-24(2)20-11-7-5-9-16(20)13-17-14-23-19(15-22(17)24)18-10-6-8-12-21(18)25(23,3)4;15-11-3-5-13-9(7-11)1-2-10-8-12(16)4-6-14(10)13/h6-23H,1-5H3;7-16H,1-6H3;5-12,14-15H,13H2,1-4H3;1-8H. The number of rotatable bonds is 3. The molecule has 0 unspecified atom stereocenters. The highest BCUT2D eigenvalue weighted by Crippen LogP contribution is 2.59. The van der Waals surface area contributed by atoms with Crippen LogP contribution in [0.3, 0.4) is 0 Å². The van der Waals surface area contributed by atoms with E-state index in [1.807, 2.05) is 0 Å². The first-order valence-corrected chi connectivity index (χ1v) is 39.8. The summed E-state index contributed by atoms with van der Waals surface area (Å²) in [6.07, 6.45) is 1.05. The molecule has 1 nitrogen and oxygen atoms in total. The molecule has 0 N–H and O–H groups in total. The van der Waals surface area contributed by atoms with E-state index in [4.69, 9.17) is 0 Å². The molecule has 0 amide bonds. The fourth-order valence-electron chi connectivity index (χ4n) is 19.6. The molecule has 1 heterocycles. The number of para-hydroxylation sites is 1. The molecule has 0 spiro atoms. The summed E-state index contributed by atoms with van der Waals surface area (Å²) in [6.45, 7) is 35.1. The van der Waals surface area contributed by atoms with Crippen molar-refractivity contribution < 1.29 is 0 Å². The van der Waals surface area contributed by atoms with E-state index in [9.17, 15) is 0 Å². The fraction of sp³-hybridized carbons (Fsp3) is 0.212. The molecule has 0 radical (unpaired) electrons. The number of hydrogen-bond acceptors (Lipinski definition) is 1. The molecule has 0 bridgehead atoms. The van der Waals surface area contributed by atoms with Crippen LogP contribution in [0.2, 0.25) is 0 Å². The summed E-state index contributed by atoms with van der Waals surface area (Å²) < 4.78 is 2.24. The highest BCUT2D eigenvalue weighted by Gasteiger charge is 2.44. The minimum absolute atomic E-state index is 0.0217. The minimum atomic E-state index is -0.121. The number of aryl methyl sites for hydroxylation is 3. The molecule has 4 aliphatic carbocycles. The number of nitrogens with zero attached hydrogens (tertiary/aromatic N) is 1. The van der Waals surface area contributed by atoms with Gasteiger partial charge in [0.25, 0.3) is 0 Å². The lowest BCUT2D eigenvalue weighted by Crippen LogP contribution is -2.31. The predicted molar refractivity (Wildman–Crippen MR) is 465 cm³/mol. The Hall–Kier alpha value is -9.90. The van der Waals surface area contributed by atoms with E-state index < -0.39 is 0 Å². The summed E-state index contributed by atoms with van der Waals surface area (Å²) in [5, 5.41) is 10.3. The van der Waals surface area contributed by atoms with Crippen molar-refractivity contribution in [2.45, 2.75) is 143 Å². The predicted octanol–water partition coefficient (Wildman–Crippen LogP) is 29.4. The molecule has 0 aromatic heterocycles. The van der Waals surface area contributed by atoms with Gasteiger partial charge in [0.15, 0.2) is 0 Å². The van der Waals surface area contributed by atoms with Gasteiger partial charge in [0.2, 0.25) is 0 Å². The first-order chi connectivity index (χ1) is 51.1. The van der Waals surface area contributed by atoms with Crippen LogP contribution in [0.15, 0.2) is 288 Å². The van der Waals surface area contributed by atoms with Gasteiger partial charge >= 0.3 is 0 Å². The largest absolute Gasteiger partial charge is 0.310 e. The highest BCUT2D eigenvalue weighted by molar-refractivity contribution is 9.10. The van der Waals surface area contributed by atoms with Gasteiger partial charge in [0.1, 0.15) is 0 Å². The number of halogens is 2. The molecule has 528 valence electrons. The molecule has 20 rings (SSSR count). The maximum atomic E-state index is 3.50. The van der Waals surface area contributed by atoms with Crippen molar-refractivity contribution in [2.24, 2.45) is 0 Å². The lowest BCUT2D eigenvalue weighted by Gasteiger charge is -2.43. The molecule has 3 heteroatoms. The monoisotopic (exact) mass is 1510 g/mol. The van der Waals surface area contributed by atoms with Crippen LogP contribution in [-0.2, 0) is 38.9 Å². The van der Waals surface area contributed by atoms with Crippen molar-refractivity contribution in [3.63, 3.8) is 0 Å². The van der Waals surface area contributed by atoms with Crippen LogP contribution in [0.25, 0.3) is 76.5 Å². The number of benzene rings is 15. The van der Waals surface area contributed by atoms with E-state index in [1.54, 1.807) is 0 Å². The summed E-state index contributed by atoms with van der Waals surface area (Å²) in [4.78, 5) is 2.51. The molecule has 1 aliphatic heterocycles. The molecule has 0 atom stereocenters. The van der Waals surface area contributed by atoms with Gasteiger partial charge in [-0.05, 0) is 259 Å². The van der Waals surface area contributed by atoms with Crippen LogP contribution in [0.4, 0.5) is 17.1 Å². The summed E-state index contributed by atoms with van der Waals surface area (Å²) in [5.74, 6) is 0. The zero-order valence-electron chi connectivity index (χ0n) is 64.5. The highest BCUT2D eigenvalue weighted by atomic mass is 79.9. The van der Waals surface area contributed by atoms with Gasteiger partial charge in [-0.1, -0.05) is 333 Å². The summed E-state index contributed by atoms with van der Waals surface area (Å²) >= 11 is 7.00. The number of hydrogen-bond donors (Lipinski definition) is 0. The normalized spacial score (nSPS) is 15.5. The third kappa shape index (κ3) is 11.3. The maximum Gasteiger partial charge on any atom is 0.0506 e. The van der Waals surface area contributed by atoms with E-state index >= 15 is 0 Å². The third-order valence-corrected chi connectivity index (χ3v) is 26.4. The zero-order chi connectivity index (χ0) is 74.6. The van der Waals surface area contributed by atoms with E-state index in [1.165, 1.54) is 188 Å². The van der Waals surface area contributed by atoms with E-state index in [0.29, 0.717) is 0 Å². The second kappa shape index (κ2) is 25.6. The second-order valence-corrected chi connectivity index (χ2v) is 35.9. The van der Waals surface area contributed by atoms with Crippen molar-refractivity contribution in [2.75, 3.05) is 4.90 Å². The molecule has 0 saturated carbocycles. The molecule has 107 heavy (non-hydrogen) atoms. The van der Waals surface area contributed by atoms with Gasteiger partial charge < -0.3 is 4.90 Å². The first-order valence-electron chi connectivity index (χ1n) is 38.2. The smallest absolute Gasteiger partial charge is 0.0506 e. The fourth-order valence-corrected chi connectivity index (χ4v) is 20.4. The number of anilines is 3. The Morgan fingerprint density at radius 1 is 0.280 bits per heavy atom. The first kappa shape index (κ1) is 70.1. The van der Waals surface area contributed by atoms with E-state index in [2.05, 4.69) is 420 Å².